The normalized spacial score (nSPS) is 17.2. The van der Waals surface area contributed by atoms with Gasteiger partial charge in [0.15, 0.2) is 5.65 Å². The van der Waals surface area contributed by atoms with Gasteiger partial charge in [0.2, 0.25) is 5.91 Å². The minimum absolute atomic E-state index is 0.0359. The van der Waals surface area contributed by atoms with Crippen molar-refractivity contribution in [3.8, 4) is 16.9 Å². The highest BCUT2D eigenvalue weighted by Gasteiger charge is 2.33. The molecule has 0 bridgehead atoms. The number of benzene rings is 1. The first-order valence-corrected chi connectivity index (χ1v) is 14.6. The first-order valence-electron chi connectivity index (χ1n) is 14.6. The zero-order valence-corrected chi connectivity index (χ0v) is 24.5. The van der Waals surface area contributed by atoms with Crippen LogP contribution in [0.5, 0.6) is 0 Å². The van der Waals surface area contributed by atoms with Gasteiger partial charge in [-0.05, 0) is 80.0 Å². The number of pyridine rings is 2. The van der Waals surface area contributed by atoms with Crippen LogP contribution in [-0.4, -0.2) is 56.0 Å². The van der Waals surface area contributed by atoms with E-state index in [2.05, 4.69) is 22.5 Å². The lowest BCUT2D eigenvalue weighted by Gasteiger charge is -2.40. The minimum atomic E-state index is -0.474. The summed E-state index contributed by atoms with van der Waals surface area (Å²) in [4.78, 5) is 44.8. The molecule has 8 nitrogen and oxygen atoms in total. The van der Waals surface area contributed by atoms with Crippen molar-refractivity contribution < 1.29 is 9.18 Å². The maximum absolute atomic E-state index is 15.3. The second-order valence-corrected chi connectivity index (χ2v) is 11.7. The fourth-order valence-corrected chi connectivity index (χ4v) is 6.03. The molecule has 0 spiro atoms. The van der Waals surface area contributed by atoms with E-state index in [9.17, 15) is 9.59 Å². The molecule has 0 unspecified atom stereocenters. The van der Waals surface area contributed by atoms with Crippen LogP contribution >= 0.6 is 0 Å². The first kappa shape index (κ1) is 27.8. The fraction of sp³-hybridized carbons (Fsp3) is 0.364. The van der Waals surface area contributed by atoms with Crippen LogP contribution in [0.2, 0.25) is 0 Å². The summed E-state index contributed by atoms with van der Waals surface area (Å²) in [7, 11) is 0. The first-order chi connectivity index (χ1) is 20.2. The van der Waals surface area contributed by atoms with Crippen LogP contribution in [-0.2, 0) is 4.79 Å². The van der Waals surface area contributed by atoms with Crippen molar-refractivity contribution in [2.24, 2.45) is 0 Å². The van der Waals surface area contributed by atoms with Crippen molar-refractivity contribution in [1.82, 2.24) is 24.4 Å². The molecule has 9 heteroatoms. The number of fused-ring (bicyclic) bond motifs is 1. The summed E-state index contributed by atoms with van der Waals surface area (Å²) in [5.74, 6) is 0.359. The van der Waals surface area contributed by atoms with Crippen LogP contribution in [0.15, 0.2) is 60.0 Å². The van der Waals surface area contributed by atoms with Gasteiger partial charge in [0, 0.05) is 37.4 Å². The lowest BCUT2D eigenvalue weighted by atomic mass is 9.99. The Morgan fingerprint density at radius 3 is 2.57 bits per heavy atom. The Balaban J connectivity index is 1.66. The Morgan fingerprint density at radius 2 is 1.90 bits per heavy atom. The van der Waals surface area contributed by atoms with E-state index in [-0.39, 0.29) is 29.6 Å². The van der Waals surface area contributed by atoms with Crippen LogP contribution in [0.1, 0.15) is 62.3 Å². The largest absolute Gasteiger partial charge is 0.355 e. The van der Waals surface area contributed by atoms with Gasteiger partial charge in [0.05, 0.1) is 22.5 Å². The predicted molar refractivity (Wildman–Crippen MR) is 163 cm³/mol. The van der Waals surface area contributed by atoms with Gasteiger partial charge >= 0.3 is 5.69 Å². The molecular weight excluding hydrogens is 531 g/mol. The summed E-state index contributed by atoms with van der Waals surface area (Å²) in [6, 6.07) is 10.5. The van der Waals surface area contributed by atoms with Gasteiger partial charge in [-0.1, -0.05) is 32.6 Å². The van der Waals surface area contributed by atoms with Crippen LogP contribution in [0, 0.1) is 12.7 Å². The van der Waals surface area contributed by atoms with Gasteiger partial charge in [-0.3, -0.25) is 9.78 Å². The highest BCUT2D eigenvalue weighted by Crippen LogP contribution is 2.46. The third-order valence-electron chi connectivity index (χ3n) is 8.33. The summed E-state index contributed by atoms with van der Waals surface area (Å²) in [6.07, 6.45) is 5.07. The van der Waals surface area contributed by atoms with Crippen molar-refractivity contribution in [3.05, 3.63) is 88.4 Å². The maximum atomic E-state index is 15.3. The van der Waals surface area contributed by atoms with Gasteiger partial charge in [-0.2, -0.15) is 4.98 Å². The van der Waals surface area contributed by atoms with Gasteiger partial charge in [-0.25, -0.2) is 18.7 Å². The summed E-state index contributed by atoms with van der Waals surface area (Å²) in [6.45, 7) is 13.1. The summed E-state index contributed by atoms with van der Waals surface area (Å²) >= 11 is 0. The van der Waals surface area contributed by atoms with E-state index in [0.717, 1.165) is 35.0 Å². The molecule has 3 aromatic heterocycles. The smallest absolute Gasteiger partial charge is 0.350 e. The number of hydrogen-bond donors (Lipinski definition) is 0. The number of nitrogens with zero attached hydrogens (tertiary/aromatic N) is 6. The number of halogens is 1. The third-order valence-corrected chi connectivity index (χ3v) is 8.33. The molecule has 42 heavy (non-hydrogen) atoms. The molecule has 1 saturated carbocycles. The molecule has 1 aromatic carbocycles. The molecule has 4 heterocycles. The van der Waals surface area contributed by atoms with E-state index in [1.807, 2.05) is 33.8 Å². The Bertz CT molecular complexity index is 1780. The lowest BCUT2D eigenvalue weighted by Crippen LogP contribution is -2.54. The average Bonchev–Trinajstić information content (AvgIpc) is 3.82. The second kappa shape index (κ2) is 10.8. The highest BCUT2D eigenvalue weighted by molar-refractivity contribution is 5.92. The Hall–Kier alpha value is -4.40. The second-order valence-electron chi connectivity index (χ2n) is 11.7. The number of amides is 1. The number of carbonyl (C=O) groups excluding carboxylic acids is 1. The lowest BCUT2D eigenvalue weighted by molar-refractivity contribution is -0.126. The average molecular weight is 567 g/mol. The number of anilines is 1. The Kier molecular flexibility index (Phi) is 7.12. The van der Waals surface area contributed by atoms with E-state index in [1.54, 1.807) is 33.9 Å². The monoisotopic (exact) mass is 566 g/mol. The number of aromatic nitrogens is 4. The molecule has 2 fully saturated rings. The topological polar surface area (TPSA) is 84.2 Å². The van der Waals surface area contributed by atoms with Crippen molar-refractivity contribution >= 4 is 22.8 Å². The highest BCUT2D eigenvalue weighted by atomic mass is 19.1. The van der Waals surface area contributed by atoms with E-state index in [0.29, 0.717) is 48.0 Å². The molecular formula is C33H35FN6O2. The number of piperazine rings is 1. The molecule has 1 aliphatic carbocycles. The molecule has 216 valence electrons. The van der Waals surface area contributed by atoms with Crippen molar-refractivity contribution in [2.75, 3.05) is 24.5 Å². The van der Waals surface area contributed by atoms with Gasteiger partial charge in [0.25, 0.3) is 0 Å². The maximum Gasteiger partial charge on any atom is 0.355 e. The molecule has 4 aromatic rings. The van der Waals surface area contributed by atoms with Crippen LogP contribution < -0.4 is 10.6 Å². The summed E-state index contributed by atoms with van der Waals surface area (Å²) in [5, 5.41) is 0.727. The van der Waals surface area contributed by atoms with Gasteiger partial charge < -0.3 is 9.80 Å². The van der Waals surface area contributed by atoms with Crippen LogP contribution in [0.3, 0.4) is 0 Å². The standard InChI is InChI=1S/C33H35FN6O2/c1-6-27(41)38-15-16-39(21(5)18-38)31-25-17-24(22-11-12-22)29(23-9-7-8-10-26(23)34)36-32(25)40(33(42)37-31)30-20(4)13-14-35-28(30)19(2)3/h6-10,13-14,17,19,21-22H,1,11-12,15-16,18H2,2-5H3/t21-/m0/s1. The minimum Gasteiger partial charge on any atom is -0.350 e. The molecule has 0 radical (unpaired) electrons. The molecule has 1 atom stereocenters. The zero-order chi connectivity index (χ0) is 29.7. The van der Waals surface area contributed by atoms with Gasteiger partial charge in [-0.15, -0.1) is 0 Å². The summed E-state index contributed by atoms with van der Waals surface area (Å²) in [5.41, 5.74) is 4.16. The van der Waals surface area contributed by atoms with Crippen LogP contribution in [0.4, 0.5) is 10.2 Å². The molecule has 1 aliphatic heterocycles. The molecule has 1 amide bonds. The van der Waals surface area contributed by atoms with Crippen molar-refractivity contribution in [2.45, 2.75) is 58.4 Å². The quantitative estimate of drug-likeness (QED) is 0.286. The van der Waals surface area contributed by atoms with E-state index < -0.39 is 5.69 Å². The molecule has 0 N–H and O–H groups in total. The number of hydrogen-bond acceptors (Lipinski definition) is 6. The molecule has 1 saturated heterocycles. The zero-order valence-electron chi connectivity index (χ0n) is 24.5. The van der Waals surface area contributed by atoms with E-state index >= 15 is 4.39 Å². The third kappa shape index (κ3) is 4.76. The van der Waals surface area contributed by atoms with Crippen LogP contribution in [0.25, 0.3) is 28.0 Å². The van der Waals surface area contributed by atoms with Crippen molar-refractivity contribution in [3.63, 3.8) is 0 Å². The van der Waals surface area contributed by atoms with E-state index in [1.165, 1.54) is 12.1 Å². The summed E-state index contributed by atoms with van der Waals surface area (Å²) < 4.78 is 16.8. The molecule has 6 rings (SSSR count). The Labute approximate surface area is 244 Å². The number of rotatable bonds is 6. The number of aryl methyl sites for hydroxylation is 1. The Morgan fingerprint density at radius 1 is 1.14 bits per heavy atom. The number of carbonyl (C=O) groups is 1. The molecule has 2 aliphatic rings. The van der Waals surface area contributed by atoms with Crippen molar-refractivity contribution in [1.29, 1.82) is 0 Å². The van der Waals surface area contributed by atoms with Gasteiger partial charge in [0.1, 0.15) is 11.6 Å². The van der Waals surface area contributed by atoms with E-state index in [4.69, 9.17) is 9.97 Å². The SMILES string of the molecule is C=CC(=O)N1CCN(c2nc(=O)n(-c3c(C)ccnc3C(C)C)c3nc(-c4ccccc4F)c(C4CC4)cc23)[C@@H](C)C1. The fourth-order valence-electron chi connectivity index (χ4n) is 6.03. The predicted octanol–water partition coefficient (Wildman–Crippen LogP) is 5.51.